The van der Waals surface area contributed by atoms with E-state index in [1.165, 1.54) is 19.1 Å². The number of Topliss-reactive ketones (excluding diaryl/α,β-unsaturated/α-hetero) is 1. The lowest BCUT2D eigenvalue weighted by atomic mass is 9.99. The standard InChI is InChI=1S/C23H22FN5O3/c1-13-9-21(29-28-13)26-22-18-8-7-17(32-12-14(2)31)10-20(18)25-23(27-22)19(11-30)15-3-5-16(24)6-4-15/h3-10,19,30H,11-12H2,1-2H3,(H2,25,26,27,28,29). The molecule has 1 atom stereocenters. The molecule has 1 unspecified atom stereocenters. The molecule has 0 aliphatic heterocycles. The summed E-state index contributed by atoms with van der Waals surface area (Å²) in [6, 6.07) is 12.9. The number of hydrogen-bond acceptors (Lipinski definition) is 7. The van der Waals surface area contributed by atoms with Crippen molar-refractivity contribution in [3.05, 3.63) is 71.4 Å². The molecule has 9 heteroatoms. The van der Waals surface area contributed by atoms with Crippen LogP contribution in [-0.2, 0) is 4.79 Å². The summed E-state index contributed by atoms with van der Waals surface area (Å²) in [6.07, 6.45) is 0. The smallest absolute Gasteiger partial charge is 0.167 e. The third-order valence-corrected chi connectivity index (χ3v) is 4.85. The Morgan fingerprint density at radius 2 is 1.97 bits per heavy atom. The second-order valence-corrected chi connectivity index (χ2v) is 7.45. The van der Waals surface area contributed by atoms with E-state index >= 15 is 0 Å². The first kappa shape index (κ1) is 21.4. The Morgan fingerprint density at radius 3 is 2.62 bits per heavy atom. The van der Waals surface area contributed by atoms with Gasteiger partial charge in [-0.25, -0.2) is 14.4 Å². The van der Waals surface area contributed by atoms with E-state index in [1.54, 1.807) is 30.3 Å². The predicted molar refractivity (Wildman–Crippen MR) is 118 cm³/mol. The van der Waals surface area contributed by atoms with Crippen LogP contribution in [0, 0.1) is 12.7 Å². The van der Waals surface area contributed by atoms with E-state index in [1.807, 2.05) is 13.0 Å². The van der Waals surface area contributed by atoms with E-state index in [-0.39, 0.29) is 24.8 Å². The number of carbonyl (C=O) groups excluding carboxylic acids is 1. The van der Waals surface area contributed by atoms with E-state index in [0.717, 1.165) is 5.69 Å². The van der Waals surface area contributed by atoms with Crippen LogP contribution < -0.4 is 10.1 Å². The van der Waals surface area contributed by atoms with Gasteiger partial charge in [0.25, 0.3) is 0 Å². The van der Waals surface area contributed by atoms with Gasteiger partial charge in [-0.15, -0.1) is 0 Å². The monoisotopic (exact) mass is 435 g/mol. The highest BCUT2D eigenvalue weighted by atomic mass is 19.1. The van der Waals surface area contributed by atoms with Crippen LogP contribution in [0.4, 0.5) is 16.0 Å². The summed E-state index contributed by atoms with van der Waals surface area (Å²) >= 11 is 0. The molecule has 3 N–H and O–H groups in total. The topological polar surface area (TPSA) is 113 Å². The highest BCUT2D eigenvalue weighted by molar-refractivity contribution is 5.91. The molecule has 4 rings (SSSR count). The fraction of sp³-hybridized carbons (Fsp3) is 0.217. The molecule has 2 heterocycles. The number of nitrogens with zero attached hydrogens (tertiary/aromatic N) is 3. The van der Waals surface area contributed by atoms with Crippen LogP contribution in [0.5, 0.6) is 5.75 Å². The third kappa shape index (κ3) is 4.73. The van der Waals surface area contributed by atoms with Gasteiger partial charge in [0.15, 0.2) is 11.6 Å². The average Bonchev–Trinajstić information content (AvgIpc) is 3.18. The first-order chi connectivity index (χ1) is 15.4. The summed E-state index contributed by atoms with van der Waals surface area (Å²) in [6.45, 7) is 3.02. The van der Waals surface area contributed by atoms with Gasteiger partial charge in [-0.2, -0.15) is 5.10 Å². The van der Waals surface area contributed by atoms with Crippen molar-refractivity contribution < 1.29 is 19.0 Å². The van der Waals surface area contributed by atoms with Crippen molar-refractivity contribution in [1.82, 2.24) is 20.2 Å². The fourth-order valence-electron chi connectivity index (χ4n) is 3.29. The molecule has 4 aromatic rings. The first-order valence-corrected chi connectivity index (χ1v) is 10.0. The number of anilines is 2. The molecule has 0 saturated carbocycles. The first-order valence-electron chi connectivity index (χ1n) is 10.0. The molecule has 0 fully saturated rings. The number of aliphatic hydroxyl groups is 1. The molecule has 0 saturated heterocycles. The molecule has 0 aliphatic carbocycles. The van der Waals surface area contributed by atoms with Gasteiger partial charge in [-0.1, -0.05) is 12.1 Å². The quantitative estimate of drug-likeness (QED) is 0.387. The van der Waals surface area contributed by atoms with E-state index in [9.17, 15) is 14.3 Å². The minimum atomic E-state index is -0.566. The summed E-state index contributed by atoms with van der Waals surface area (Å²) in [5.41, 5.74) is 2.12. The van der Waals surface area contributed by atoms with Gasteiger partial charge in [0, 0.05) is 23.2 Å². The third-order valence-electron chi connectivity index (χ3n) is 4.85. The molecule has 164 valence electrons. The molecule has 0 spiro atoms. The number of H-pyrrole nitrogens is 1. The second-order valence-electron chi connectivity index (χ2n) is 7.45. The minimum absolute atomic E-state index is 0.0457. The van der Waals surface area contributed by atoms with Crippen LogP contribution >= 0.6 is 0 Å². The number of hydrogen-bond donors (Lipinski definition) is 3. The van der Waals surface area contributed by atoms with Crippen molar-refractivity contribution in [3.8, 4) is 5.75 Å². The normalized spacial score (nSPS) is 12.0. The fourth-order valence-corrected chi connectivity index (χ4v) is 3.29. The molecule has 2 aromatic heterocycles. The molecular weight excluding hydrogens is 413 g/mol. The number of aryl methyl sites for hydroxylation is 1. The molecule has 8 nitrogen and oxygen atoms in total. The number of ketones is 1. The SMILES string of the molecule is CC(=O)COc1ccc2c(Nc3cc(C)[nH]n3)nc(C(CO)c3ccc(F)cc3)nc2c1. The zero-order valence-corrected chi connectivity index (χ0v) is 17.6. The number of fused-ring (bicyclic) bond motifs is 1. The van der Waals surface area contributed by atoms with Crippen LogP contribution in [0.3, 0.4) is 0 Å². The zero-order chi connectivity index (χ0) is 22.7. The lowest BCUT2D eigenvalue weighted by Crippen LogP contribution is -2.12. The average molecular weight is 435 g/mol. The largest absolute Gasteiger partial charge is 0.486 e. The number of halogens is 1. The van der Waals surface area contributed by atoms with Crippen LogP contribution in [0.2, 0.25) is 0 Å². The number of aromatic nitrogens is 4. The Balaban J connectivity index is 1.81. The second kappa shape index (κ2) is 9.11. The van der Waals surface area contributed by atoms with Gasteiger partial charge in [0.1, 0.15) is 29.8 Å². The van der Waals surface area contributed by atoms with Gasteiger partial charge < -0.3 is 15.2 Å². The van der Waals surface area contributed by atoms with Gasteiger partial charge in [-0.05, 0) is 43.7 Å². The molecule has 0 aliphatic rings. The van der Waals surface area contributed by atoms with Crippen LogP contribution in [0.1, 0.15) is 29.9 Å². The predicted octanol–water partition coefficient (Wildman–Crippen LogP) is 3.64. The molecule has 0 bridgehead atoms. The summed E-state index contributed by atoms with van der Waals surface area (Å²) in [4.78, 5) is 20.6. The van der Waals surface area contributed by atoms with Gasteiger partial charge in [0.2, 0.25) is 0 Å². The van der Waals surface area contributed by atoms with Gasteiger partial charge >= 0.3 is 0 Å². The summed E-state index contributed by atoms with van der Waals surface area (Å²) in [5, 5.41) is 21.0. The van der Waals surface area contributed by atoms with Crippen molar-refractivity contribution in [2.45, 2.75) is 19.8 Å². The van der Waals surface area contributed by atoms with Crippen molar-refractivity contribution in [2.75, 3.05) is 18.5 Å². The Hall–Kier alpha value is -3.85. The Labute approximate surface area is 183 Å². The van der Waals surface area contributed by atoms with Crippen molar-refractivity contribution in [3.63, 3.8) is 0 Å². The van der Waals surface area contributed by atoms with Crippen molar-refractivity contribution in [2.24, 2.45) is 0 Å². The van der Waals surface area contributed by atoms with Crippen LogP contribution in [0.25, 0.3) is 10.9 Å². The summed E-state index contributed by atoms with van der Waals surface area (Å²) < 4.78 is 18.9. The maximum absolute atomic E-state index is 13.4. The van der Waals surface area contributed by atoms with Gasteiger partial charge in [0.05, 0.1) is 18.0 Å². The number of benzene rings is 2. The number of rotatable bonds is 8. The lowest BCUT2D eigenvalue weighted by Gasteiger charge is -2.16. The maximum atomic E-state index is 13.4. The number of aliphatic hydroxyl groups excluding tert-OH is 1. The highest BCUT2D eigenvalue weighted by Crippen LogP contribution is 2.30. The van der Waals surface area contributed by atoms with Gasteiger partial charge in [-0.3, -0.25) is 9.89 Å². The molecule has 0 amide bonds. The lowest BCUT2D eigenvalue weighted by molar-refractivity contribution is -0.118. The van der Waals surface area contributed by atoms with E-state index < -0.39 is 5.92 Å². The van der Waals surface area contributed by atoms with E-state index in [4.69, 9.17) is 4.74 Å². The maximum Gasteiger partial charge on any atom is 0.167 e. The Kier molecular flexibility index (Phi) is 6.09. The van der Waals surface area contributed by atoms with E-state index in [2.05, 4.69) is 25.5 Å². The Bertz CT molecular complexity index is 1260. The number of aromatic amines is 1. The summed E-state index contributed by atoms with van der Waals surface area (Å²) in [5.74, 6) is 0.882. The van der Waals surface area contributed by atoms with Crippen molar-refractivity contribution >= 4 is 28.3 Å². The van der Waals surface area contributed by atoms with Crippen molar-refractivity contribution in [1.29, 1.82) is 0 Å². The van der Waals surface area contributed by atoms with Crippen LogP contribution in [0.15, 0.2) is 48.5 Å². The number of nitrogens with one attached hydrogen (secondary N) is 2. The zero-order valence-electron chi connectivity index (χ0n) is 17.6. The number of carbonyl (C=O) groups is 1. The molecule has 2 aromatic carbocycles. The highest BCUT2D eigenvalue weighted by Gasteiger charge is 2.20. The number of ether oxygens (including phenoxy) is 1. The Morgan fingerprint density at radius 1 is 1.19 bits per heavy atom. The van der Waals surface area contributed by atoms with Crippen LogP contribution in [-0.4, -0.2) is 44.3 Å². The van der Waals surface area contributed by atoms with E-state index in [0.29, 0.717) is 39.7 Å². The summed E-state index contributed by atoms with van der Waals surface area (Å²) in [7, 11) is 0. The molecule has 32 heavy (non-hydrogen) atoms. The molecular formula is C23H22FN5O3. The molecule has 0 radical (unpaired) electrons. The minimum Gasteiger partial charge on any atom is -0.486 e.